The van der Waals surface area contributed by atoms with Crippen LogP contribution in [0.4, 0.5) is 0 Å². The Kier molecular flexibility index (Phi) is 2.42. The molecule has 0 aliphatic heterocycles. The highest BCUT2D eigenvalue weighted by Crippen LogP contribution is 2.54. The molecular formula is C13H22N2O. The topological polar surface area (TPSA) is 52.0 Å². The monoisotopic (exact) mass is 222 g/mol. The minimum Gasteiger partial charge on any atom is -0.364 e. The van der Waals surface area contributed by atoms with Gasteiger partial charge in [-0.3, -0.25) is 0 Å². The smallest absolute Gasteiger partial charge is 0.127 e. The Morgan fingerprint density at radius 2 is 2.12 bits per heavy atom. The summed E-state index contributed by atoms with van der Waals surface area (Å²) >= 11 is 0. The molecule has 0 bridgehead atoms. The second kappa shape index (κ2) is 3.33. The lowest BCUT2D eigenvalue weighted by atomic mass is 9.56. The van der Waals surface area contributed by atoms with Crippen LogP contribution in [-0.4, -0.2) is 11.2 Å². The predicted molar refractivity (Wildman–Crippen MR) is 64.2 cm³/mol. The molecule has 2 N–H and O–H groups in total. The molecule has 0 saturated heterocycles. The zero-order valence-electron chi connectivity index (χ0n) is 10.9. The Balaban J connectivity index is 2.65. The highest BCUT2D eigenvalue weighted by Gasteiger charge is 2.56. The molecule has 0 aromatic carbocycles. The Morgan fingerprint density at radius 3 is 2.62 bits per heavy atom. The van der Waals surface area contributed by atoms with Gasteiger partial charge in [-0.05, 0) is 11.3 Å². The van der Waals surface area contributed by atoms with Gasteiger partial charge in [0.25, 0.3) is 0 Å². The fourth-order valence-electron chi connectivity index (χ4n) is 3.88. The molecule has 1 aliphatic rings. The van der Waals surface area contributed by atoms with E-state index in [1.807, 2.05) is 0 Å². The number of fused-ring (bicyclic) bond motifs is 1. The maximum Gasteiger partial charge on any atom is 0.127 e. The zero-order chi connectivity index (χ0) is 12.1. The molecule has 16 heavy (non-hydrogen) atoms. The summed E-state index contributed by atoms with van der Waals surface area (Å²) in [4.78, 5) is 0. The van der Waals surface area contributed by atoms with E-state index in [-0.39, 0.29) is 16.9 Å². The van der Waals surface area contributed by atoms with Gasteiger partial charge in [0.1, 0.15) is 6.26 Å². The van der Waals surface area contributed by atoms with E-state index in [4.69, 9.17) is 10.3 Å². The third kappa shape index (κ3) is 1.21. The van der Waals surface area contributed by atoms with Crippen molar-refractivity contribution in [3.8, 4) is 0 Å². The highest BCUT2D eigenvalue weighted by atomic mass is 16.5. The number of aromatic nitrogens is 1. The van der Waals surface area contributed by atoms with Crippen LogP contribution in [0.1, 0.15) is 45.9 Å². The molecule has 3 nitrogen and oxygen atoms in total. The molecule has 1 unspecified atom stereocenters. The third-order valence-electron chi connectivity index (χ3n) is 4.24. The standard InChI is InChI=1S/C13H22N2O/c1-8(2)13(12(3,4)5)9-7-16-15-10(9)6-11(13)14/h7-8,11H,6,14H2,1-5H3/t11-,13?/m1/s1. The van der Waals surface area contributed by atoms with Crippen molar-refractivity contribution in [3.05, 3.63) is 17.5 Å². The van der Waals surface area contributed by atoms with Gasteiger partial charge >= 0.3 is 0 Å². The van der Waals surface area contributed by atoms with E-state index in [0.29, 0.717) is 5.92 Å². The summed E-state index contributed by atoms with van der Waals surface area (Å²) in [5, 5.41) is 4.08. The molecule has 2 atom stereocenters. The van der Waals surface area contributed by atoms with E-state index < -0.39 is 0 Å². The van der Waals surface area contributed by atoms with Gasteiger partial charge in [-0.1, -0.05) is 39.8 Å². The lowest BCUT2D eigenvalue weighted by Gasteiger charge is -2.48. The maximum atomic E-state index is 6.41. The molecule has 0 amide bonds. The third-order valence-corrected chi connectivity index (χ3v) is 4.24. The number of nitrogens with two attached hydrogens (primary N) is 1. The Hall–Kier alpha value is -0.830. The normalized spacial score (nSPS) is 29.8. The molecule has 3 heteroatoms. The average molecular weight is 222 g/mol. The van der Waals surface area contributed by atoms with Crippen LogP contribution in [0.2, 0.25) is 0 Å². The van der Waals surface area contributed by atoms with Gasteiger partial charge < -0.3 is 10.3 Å². The van der Waals surface area contributed by atoms with E-state index in [2.05, 4.69) is 39.8 Å². The van der Waals surface area contributed by atoms with Gasteiger partial charge in [-0.15, -0.1) is 0 Å². The number of nitrogens with zero attached hydrogens (tertiary/aromatic N) is 1. The van der Waals surface area contributed by atoms with Crippen LogP contribution >= 0.6 is 0 Å². The first-order valence-electron chi connectivity index (χ1n) is 6.01. The Labute approximate surface area is 97.4 Å². The molecule has 90 valence electrons. The summed E-state index contributed by atoms with van der Waals surface area (Å²) < 4.78 is 5.13. The largest absolute Gasteiger partial charge is 0.364 e. The number of hydrogen-bond acceptors (Lipinski definition) is 3. The fraction of sp³-hybridized carbons (Fsp3) is 0.769. The number of rotatable bonds is 1. The summed E-state index contributed by atoms with van der Waals surface area (Å²) in [6.45, 7) is 11.3. The summed E-state index contributed by atoms with van der Waals surface area (Å²) in [5.41, 5.74) is 8.77. The first-order valence-corrected chi connectivity index (χ1v) is 6.01. The average Bonchev–Trinajstić information content (AvgIpc) is 2.58. The minimum atomic E-state index is -0.0255. The van der Waals surface area contributed by atoms with Crippen molar-refractivity contribution in [1.29, 1.82) is 0 Å². The first kappa shape index (κ1) is 11.6. The second-order valence-corrected chi connectivity index (χ2v) is 6.26. The lowest BCUT2D eigenvalue weighted by Crippen LogP contribution is -2.54. The van der Waals surface area contributed by atoms with E-state index in [1.165, 1.54) is 5.56 Å². The van der Waals surface area contributed by atoms with Crippen LogP contribution < -0.4 is 5.73 Å². The molecule has 1 aliphatic carbocycles. The molecular weight excluding hydrogens is 200 g/mol. The highest BCUT2D eigenvalue weighted by molar-refractivity contribution is 5.39. The van der Waals surface area contributed by atoms with Crippen molar-refractivity contribution in [2.75, 3.05) is 0 Å². The van der Waals surface area contributed by atoms with Gasteiger partial charge in [0.05, 0.1) is 5.69 Å². The van der Waals surface area contributed by atoms with Crippen LogP contribution in [0.25, 0.3) is 0 Å². The quantitative estimate of drug-likeness (QED) is 0.794. The Bertz CT molecular complexity index is 389. The summed E-state index contributed by atoms with van der Waals surface area (Å²) in [6, 6.07) is 0.140. The van der Waals surface area contributed by atoms with Gasteiger partial charge in [0.2, 0.25) is 0 Å². The van der Waals surface area contributed by atoms with Gasteiger partial charge in [-0.25, -0.2) is 0 Å². The Morgan fingerprint density at radius 1 is 1.50 bits per heavy atom. The van der Waals surface area contributed by atoms with Crippen molar-refractivity contribution < 1.29 is 4.52 Å². The summed E-state index contributed by atoms with van der Waals surface area (Å²) in [6.07, 6.45) is 2.63. The second-order valence-electron chi connectivity index (χ2n) is 6.26. The van der Waals surface area contributed by atoms with Crippen molar-refractivity contribution >= 4 is 0 Å². The van der Waals surface area contributed by atoms with Crippen LogP contribution in [-0.2, 0) is 11.8 Å². The zero-order valence-corrected chi connectivity index (χ0v) is 10.9. The van der Waals surface area contributed by atoms with Crippen molar-refractivity contribution in [3.63, 3.8) is 0 Å². The number of hydrogen-bond donors (Lipinski definition) is 1. The van der Waals surface area contributed by atoms with Crippen LogP contribution in [0.5, 0.6) is 0 Å². The van der Waals surface area contributed by atoms with Crippen LogP contribution in [0, 0.1) is 11.3 Å². The molecule has 1 aromatic rings. The molecule has 0 radical (unpaired) electrons. The van der Waals surface area contributed by atoms with Gasteiger partial charge in [0.15, 0.2) is 0 Å². The van der Waals surface area contributed by atoms with Crippen molar-refractivity contribution in [2.45, 2.75) is 52.5 Å². The van der Waals surface area contributed by atoms with E-state index in [1.54, 1.807) is 6.26 Å². The first-order chi connectivity index (χ1) is 7.31. The molecule has 0 spiro atoms. The summed E-state index contributed by atoms with van der Waals surface area (Å²) in [7, 11) is 0. The maximum absolute atomic E-state index is 6.41. The molecule has 2 rings (SSSR count). The fourth-order valence-corrected chi connectivity index (χ4v) is 3.88. The van der Waals surface area contributed by atoms with Crippen LogP contribution in [0.3, 0.4) is 0 Å². The molecule has 0 saturated carbocycles. The minimum absolute atomic E-state index is 0.0255. The van der Waals surface area contributed by atoms with E-state index in [9.17, 15) is 0 Å². The molecule has 0 fully saturated rings. The van der Waals surface area contributed by atoms with E-state index >= 15 is 0 Å². The van der Waals surface area contributed by atoms with Gasteiger partial charge in [0, 0.05) is 23.4 Å². The summed E-state index contributed by atoms with van der Waals surface area (Å²) in [5.74, 6) is 0.475. The van der Waals surface area contributed by atoms with Crippen LogP contribution in [0.15, 0.2) is 10.8 Å². The van der Waals surface area contributed by atoms with Gasteiger partial charge in [-0.2, -0.15) is 0 Å². The van der Waals surface area contributed by atoms with Crippen molar-refractivity contribution in [1.82, 2.24) is 5.16 Å². The lowest BCUT2D eigenvalue weighted by molar-refractivity contribution is 0.100. The molecule has 1 heterocycles. The van der Waals surface area contributed by atoms with E-state index in [0.717, 1.165) is 12.1 Å². The SMILES string of the molecule is CC(C)C1(C(C)(C)C)c2conc2C[C@H]1N. The predicted octanol–water partition coefficient (Wildman–Crippen LogP) is 2.50. The van der Waals surface area contributed by atoms with Crippen molar-refractivity contribution in [2.24, 2.45) is 17.1 Å². The molecule has 1 aromatic heterocycles.